The van der Waals surface area contributed by atoms with Crippen molar-refractivity contribution in [2.24, 2.45) is 5.92 Å². The molecular weight excluding hydrogens is 398 g/mol. The van der Waals surface area contributed by atoms with Crippen LogP contribution < -0.4 is 0 Å². The molecule has 0 radical (unpaired) electrons. The largest absolute Gasteiger partial charge is 0.465 e. The van der Waals surface area contributed by atoms with Crippen molar-refractivity contribution >= 4 is 28.6 Å². The van der Waals surface area contributed by atoms with Crippen LogP contribution in [0, 0.1) is 5.92 Å². The summed E-state index contributed by atoms with van der Waals surface area (Å²) in [6, 6.07) is 8.25. The predicted molar refractivity (Wildman–Crippen MR) is 119 cm³/mol. The minimum absolute atomic E-state index is 0.542. The van der Waals surface area contributed by atoms with Gasteiger partial charge >= 0.3 is 6.09 Å². The Morgan fingerprint density at radius 3 is 2.83 bits per heavy atom. The Hall–Kier alpha value is -2.45. The van der Waals surface area contributed by atoms with E-state index in [0.717, 1.165) is 62.4 Å². The summed E-state index contributed by atoms with van der Waals surface area (Å²) in [5, 5.41) is 11.3. The molecule has 160 valence electrons. The maximum absolute atomic E-state index is 11.2. The molecule has 0 atom stereocenters. The molecule has 0 unspecified atom stereocenters. The van der Waals surface area contributed by atoms with Crippen LogP contribution in [0.15, 0.2) is 35.8 Å². The van der Waals surface area contributed by atoms with Gasteiger partial charge in [0.05, 0.1) is 6.54 Å². The van der Waals surface area contributed by atoms with Gasteiger partial charge < -0.3 is 19.5 Å². The fourth-order valence-electron chi connectivity index (χ4n) is 4.21. The number of likely N-dealkylation sites (tertiary alicyclic amines) is 1. The molecule has 0 aliphatic carbocycles. The van der Waals surface area contributed by atoms with E-state index in [4.69, 9.17) is 4.98 Å². The average molecular weight is 428 g/mol. The van der Waals surface area contributed by atoms with Crippen LogP contribution in [0.5, 0.6) is 0 Å². The third-order valence-electron chi connectivity index (χ3n) is 5.99. The molecule has 7 nitrogen and oxygen atoms in total. The third-order valence-corrected chi connectivity index (χ3v) is 6.85. The lowest BCUT2D eigenvalue weighted by molar-refractivity contribution is 0.128. The molecule has 1 amide bonds. The van der Waals surface area contributed by atoms with Gasteiger partial charge in [0.25, 0.3) is 0 Å². The van der Waals surface area contributed by atoms with Crippen molar-refractivity contribution in [3.05, 3.63) is 46.5 Å². The smallest absolute Gasteiger partial charge is 0.407 e. The van der Waals surface area contributed by atoms with Gasteiger partial charge in [-0.2, -0.15) is 0 Å². The second-order valence-electron chi connectivity index (χ2n) is 7.89. The lowest BCUT2D eigenvalue weighted by Gasteiger charge is -2.33. The molecule has 4 rings (SSSR count). The van der Waals surface area contributed by atoms with Gasteiger partial charge in [0.15, 0.2) is 5.65 Å². The quantitative estimate of drug-likeness (QED) is 0.592. The summed E-state index contributed by atoms with van der Waals surface area (Å²) in [6.07, 6.45) is 4.22. The van der Waals surface area contributed by atoms with Crippen molar-refractivity contribution in [1.29, 1.82) is 0 Å². The van der Waals surface area contributed by atoms with Crippen LogP contribution in [0.4, 0.5) is 4.79 Å². The number of carboxylic acid groups (broad SMARTS) is 1. The lowest BCUT2D eigenvalue weighted by Crippen LogP contribution is -2.41. The summed E-state index contributed by atoms with van der Waals surface area (Å²) in [6.45, 7) is 6.68. The second kappa shape index (κ2) is 9.57. The van der Waals surface area contributed by atoms with E-state index in [1.54, 1.807) is 11.3 Å². The van der Waals surface area contributed by atoms with Crippen LogP contribution in [0.3, 0.4) is 0 Å². The normalized spacial score (nSPS) is 15.6. The maximum atomic E-state index is 11.2. The summed E-state index contributed by atoms with van der Waals surface area (Å²) < 4.78 is 2.28. The Balaban J connectivity index is 1.39. The SMILES string of the molecule is CCN(CCN1CCC(Cc2nc3cccnc3n2Cc2cccs2)CC1)C(=O)O. The van der Waals surface area contributed by atoms with Crippen LogP contribution in [0.25, 0.3) is 11.2 Å². The molecule has 1 N–H and O–H groups in total. The molecule has 0 saturated carbocycles. The molecule has 8 heteroatoms. The molecule has 4 heterocycles. The summed E-state index contributed by atoms with van der Waals surface area (Å²) in [7, 11) is 0. The number of fused-ring (bicyclic) bond motifs is 1. The lowest BCUT2D eigenvalue weighted by atomic mass is 9.93. The van der Waals surface area contributed by atoms with Crippen molar-refractivity contribution in [2.45, 2.75) is 32.7 Å². The number of thiophene rings is 1. The number of likely N-dealkylation sites (N-methyl/N-ethyl adjacent to an activating group) is 1. The number of carbonyl (C=O) groups is 1. The minimum atomic E-state index is -0.828. The van der Waals surface area contributed by atoms with Crippen molar-refractivity contribution in [2.75, 3.05) is 32.7 Å². The van der Waals surface area contributed by atoms with Crippen molar-refractivity contribution < 1.29 is 9.90 Å². The number of aromatic nitrogens is 3. The van der Waals surface area contributed by atoms with E-state index in [9.17, 15) is 9.90 Å². The zero-order chi connectivity index (χ0) is 20.9. The number of amides is 1. The topological polar surface area (TPSA) is 74.5 Å². The summed E-state index contributed by atoms with van der Waals surface area (Å²) in [5.74, 6) is 1.72. The van der Waals surface area contributed by atoms with Crippen LogP contribution in [0.1, 0.15) is 30.5 Å². The molecule has 3 aromatic rings. The Morgan fingerprint density at radius 2 is 2.13 bits per heavy atom. The van der Waals surface area contributed by atoms with E-state index in [2.05, 4.69) is 32.0 Å². The van der Waals surface area contributed by atoms with Crippen LogP contribution >= 0.6 is 11.3 Å². The highest BCUT2D eigenvalue weighted by Crippen LogP contribution is 2.25. The number of nitrogens with zero attached hydrogens (tertiary/aromatic N) is 5. The molecule has 30 heavy (non-hydrogen) atoms. The summed E-state index contributed by atoms with van der Waals surface area (Å²) in [5.41, 5.74) is 1.93. The van der Waals surface area contributed by atoms with Gasteiger partial charge in [-0.3, -0.25) is 0 Å². The number of piperidine rings is 1. The average Bonchev–Trinajstić information content (AvgIpc) is 3.38. The van der Waals surface area contributed by atoms with Gasteiger partial charge in [0.1, 0.15) is 11.3 Å². The summed E-state index contributed by atoms with van der Waals surface area (Å²) >= 11 is 1.77. The first-order valence-corrected chi connectivity index (χ1v) is 11.5. The molecule has 1 fully saturated rings. The molecule has 1 aliphatic rings. The molecular formula is C22H29N5O2S. The first kappa shape index (κ1) is 20.8. The third kappa shape index (κ3) is 4.82. The van der Waals surface area contributed by atoms with E-state index >= 15 is 0 Å². The van der Waals surface area contributed by atoms with Gasteiger partial charge in [-0.05, 0) is 62.4 Å². The number of hydrogen-bond donors (Lipinski definition) is 1. The van der Waals surface area contributed by atoms with Gasteiger partial charge in [0, 0.05) is 37.1 Å². The Labute approximate surface area is 181 Å². The first-order valence-electron chi connectivity index (χ1n) is 10.7. The number of rotatable bonds is 8. The molecule has 0 aromatic carbocycles. The van der Waals surface area contributed by atoms with Crippen LogP contribution in [-0.4, -0.2) is 68.3 Å². The van der Waals surface area contributed by atoms with E-state index in [0.29, 0.717) is 19.0 Å². The molecule has 1 saturated heterocycles. The monoisotopic (exact) mass is 427 g/mol. The van der Waals surface area contributed by atoms with Crippen molar-refractivity contribution in [3.8, 4) is 0 Å². The minimum Gasteiger partial charge on any atom is -0.465 e. The van der Waals surface area contributed by atoms with E-state index in [1.165, 1.54) is 9.78 Å². The van der Waals surface area contributed by atoms with Gasteiger partial charge in [-0.15, -0.1) is 11.3 Å². The summed E-state index contributed by atoms with van der Waals surface area (Å²) in [4.78, 5) is 25.9. The van der Waals surface area contributed by atoms with Crippen molar-refractivity contribution in [3.63, 3.8) is 0 Å². The Kier molecular flexibility index (Phi) is 6.64. The highest BCUT2D eigenvalue weighted by Gasteiger charge is 2.23. The Bertz CT molecular complexity index is 963. The highest BCUT2D eigenvalue weighted by molar-refractivity contribution is 7.09. The van der Waals surface area contributed by atoms with Gasteiger partial charge in [-0.1, -0.05) is 6.07 Å². The highest BCUT2D eigenvalue weighted by atomic mass is 32.1. The molecule has 1 aliphatic heterocycles. The van der Waals surface area contributed by atoms with E-state index in [-0.39, 0.29) is 0 Å². The maximum Gasteiger partial charge on any atom is 0.407 e. The van der Waals surface area contributed by atoms with Gasteiger partial charge in [0.2, 0.25) is 0 Å². The van der Waals surface area contributed by atoms with E-state index < -0.39 is 6.09 Å². The number of hydrogen-bond acceptors (Lipinski definition) is 5. The van der Waals surface area contributed by atoms with E-state index in [1.807, 2.05) is 25.3 Å². The number of imidazole rings is 1. The van der Waals surface area contributed by atoms with Crippen LogP contribution in [-0.2, 0) is 13.0 Å². The molecule has 0 bridgehead atoms. The second-order valence-corrected chi connectivity index (χ2v) is 8.92. The zero-order valence-corrected chi connectivity index (χ0v) is 18.2. The standard InChI is InChI=1S/C22H29N5O2S/c1-2-26(22(28)29)13-12-25-10-7-17(8-11-25)15-20-24-19-6-3-9-23-21(19)27(20)16-18-5-4-14-30-18/h3-6,9,14,17H,2,7-8,10-13,15-16H2,1H3,(H,28,29). The molecule has 3 aromatic heterocycles. The fraction of sp³-hybridized carbons (Fsp3) is 0.500. The predicted octanol–water partition coefficient (Wildman–Crippen LogP) is 3.80. The Morgan fingerprint density at radius 1 is 1.30 bits per heavy atom. The van der Waals surface area contributed by atoms with Crippen LogP contribution in [0.2, 0.25) is 0 Å². The molecule has 0 spiro atoms. The van der Waals surface area contributed by atoms with Gasteiger partial charge in [-0.25, -0.2) is 14.8 Å². The first-order chi connectivity index (χ1) is 14.6. The van der Waals surface area contributed by atoms with Crippen molar-refractivity contribution in [1.82, 2.24) is 24.3 Å². The zero-order valence-electron chi connectivity index (χ0n) is 17.4. The number of pyridine rings is 1. The fourth-order valence-corrected chi connectivity index (χ4v) is 4.90.